The highest BCUT2D eigenvalue weighted by Gasteiger charge is 2.14. The van der Waals surface area contributed by atoms with E-state index >= 15 is 0 Å². The summed E-state index contributed by atoms with van der Waals surface area (Å²) >= 11 is 1.72. The Kier molecular flexibility index (Phi) is 5.03. The summed E-state index contributed by atoms with van der Waals surface area (Å²) in [5, 5.41) is 8.54. The van der Waals surface area contributed by atoms with Gasteiger partial charge in [0.25, 0.3) is 0 Å². The van der Waals surface area contributed by atoms with Gasteiger partial charge in [0.05, 0.1) is 0 Å². The molecule has 0 aliphatic rings. The standard InChI is InChI=1S/C12H15NO3S/c1-3-17-10-6-4-9(5-7-10)13(2)11(14)8-12(15)16/h4-7H,3,8H2,1-2H3,(H,15,16). The maximum atomic E-state index is 11.5. The van der Waals surface area contributed by atoms with E-state index in [0.717, 1.165) is 10.6 Å². The Labute approximate surface area is 105 Å². The highest BCUT2D eigenvalue weighted by Crippen LogP contribution is 2.21. The van der Waals surface area contributed by atoms with Crippen LogP contribution >= 0.6 is 11.8 Å². The summed E-state index contributed by atoms with van der Waals surface area (Å²) in [7, 11) is 1.58. The molecule has 92 valence electrons. The van der Waals surface area contributed by atoms with Gasteiger partial charge >= 0.3 is 5.97 Å². The molecule has 0 unspecified atom stereocenters. The molecule has 0 aliphatic heterocycles. The van der Waals surface area contributed by atoms with Crippen molar-refractivity contribution in [1.82, 2.24) is 0 Å². The van der Waals surface area contributed by atoms with Crippen molar-refractivity contribution < 1.29 is 14.7 Å². The average Bonchev–Trinajstić information content (AvgIpc) is 2.28. The zero-order chi connectivity index (χ0) is 12.8. The van der Waals surface area contributed by atoms with Gasteiger partial charge in [0.1, 0.15) is 6.42 Å². The topological polar surface area (TPSA) is 57.6 Å². The molecule has 4 nitrogen and oxygen atoms in total. The molecule has 1 amide bonds. The van der Waals surface area contributed by atoms with Gasteiger partial charge < -0.3 is 10.0 Å². The lowest BCUT2D eigenvalue weighted by atomic mass is 10.3. The number of carbonyl (C=O) groups is 2. The zero-order valence-corrected chi connectivity index (χ0v) is 10.7. The van der Waals surface area contributed by atoms with Gasteiger partial charge in [-0.1, -0.05) is 6.92 Å². The van der Waals surface area contributed by atoms with Crippen LogP contribution < -0.4 is 4.90 Å². The number of aliphatic carboxylic acids is 1. The molecule has 1 rings (SSSR count). The number of carbonyl (C=O) groups excluding carboxylic acids is 1. The number of hydrogen-bond acceptors (Lipinski definition) is 3. The van der Waals surface area contributed by atoms with Crippen LogP contribution in [-0.4, -0.2) is 29.8 Å². The molecule has 0 radical (unpaired) electrons. The summed E-state index contributed by atoms with van der Waals surface area (Å²) in [4.78, 5) is 24.4. The first-order valence-electron chi connectivity index (χ1n) is 5.25. The molecule has 0 spiro atoms. The SMILES string of the molecule is CCSc1ccc(N(C)C(=O)CC(=O)O)cc1. The molecule has 0 saturated carbocycles. The number of nitrogens with zero attached hydrogens (tertiary/aromatic N) is 1. The number of benzene rings is 1. The molecule has 0 heterocycles. The normalized spacial score (nSPS) is 10.0. The van der Waals surface area contributed by atoms with Crippen molar-refractivity contribution in [2.75, 3.05) is 17.7 Å². The van der Waals surface area contributed by atoms with Crippen molar-refractivity contribution in [2.24, 2.45) is 0 Å². The van der Waals surface area contributed by atoms with Crippen molar-refractivity contribution >= 4 is 29.3 Å². The Hall–Kier alpha value is -1.49. The van der Waals surface area contributed by atoms with Crippen LogP contribution in [0.4, 0.5) is 5.69 Å². The van der Waals surface area contributed by atoms with Crippen LogP contribution in [-0.2, 0) is 9.59 Å². The second kappa shape index (κ2) is 6.30. The Morgan fingerprint density at radius 3 is 2.35 bits per heavy atom. The van der Waals surface area contributed by atoms with Crippen LogP contribution in [0.2, 0.25) is 0 Å². The predicted molar refractivity (Wildman–Crippen MR) is 68.5 cm³/mol. The van der Waals surface area contributed by atoms with Crippen LogP contribution in [0.1, 0.15) is 13.3 Å². The smallest absolute Gasteiger partial charge is 0.312 e. The first-order chi connectivity index (χ1) is 8.04. The molecule has 0 atom stereocenters. The third-order valence-electron chi connectivity index (χ3n) is 2.21. The van der Waals surface area contributed by atoms with E-state index in [2.05, 4.69) is 6.92 Å². The fraction of sp³-hybridized carbons (Fsp3) is 0.333. The molecular formula is C12H15NO3S. The second-order valence-electron chi connectivity index (χ2n) is 3.45. The number of amides is 1. The van der Waals surface area contributed by atoms with Gasteiger partial charge in [-0.25, -0.2) is 0 Å². The van der Waals surface area contributed by atoms with Gasteiger partial charge in [-0.2, -0.15) is 0 Å². The number of thioether (sulfide) groups is 1. The fourth-order valence-corrected chi connectivity index (χ4v) is 1.99. The van der Waals surface area contributed by atoms with Gasteiger partial charge in [0, 0.05) is 17.6 Å². The minimum atomic E-state index is -1.11. The molecule has 5 heteroatoms. The van der Waals surface area contributed by atoms with E-state index in [0.29, 0.717) is 5.69 Å². The Morgan fingerprint density at radius 1 is 1.29 bits per heavy atom. The summed E-state index contributed by atoms with van der Waals surface area (Å²) in [6, 6.07) is 7.48. The Morgan fingerprint density at radius 2 is 1.88 bits per heavy atom. The van der Waals surface area contributed by atoms with Crippen molar-refractivity contribution in [2.45, 2.75) is 18.2 Å². The minimum Gasteiger partial charge on any atom is -0.481 e. The first-order valence-corrected chi connectivity index (χ1v) is 6.24. The summed E-state index contributed by atoms with van der Waals surface area (Å²) in [5.41, 5.74) is 0.705. The number of anilines is 1. The third-order valence-corrected chi connectivity index (χ3v) is 3.11. The number of rotatable bonds is 5. The maximum Gasteiger partial charge on any atom is 0.312 e. The lowest BCUT2D eigenvalue weighted by Crippen LogP contribution is -2.28. The van der Waals surface area contributed by atoms with Crippen molar-refractivity contribution in [3.05, 3.63) is 24.3 Å². The highest BCUT2D eigenvalue weighted by molar-refractivity contribution is 7.99. The van der Waals surface area contributed by atoms with E-state index in [1.54, 1.807) is 18.8 Å². The summed E-state index contributed by atoms with van der Waals surface area (Å²) in [6.07, 6.45) is -0.484. The fourth-order valence-electron chi connectivity index (χ4n) is 1.32. The predicted octanol–water partition coefficient (Wildman–Crippen LogP) is 2.24. The molecule has 1 N–H and O–H groups in total. The van der Waals surface area contributed by atoms with Crippen LogP contribution in [0.25, 0.3) is 0 Å². The largest absolute Gasteiger partial charge is 0.481 e. The van der Waals surface area contributed by atoms with Crippen molar-refractivity contribution in [3.8, 4) is 0 Å². The molecule has 1 aromatic rings. The van der Waals surface area contributed by atoms with E-state index < -0.39 is 18.3 Å². The molecule has 0 aliphatic carbocycles. The second-order valence-corrected chi connectivity index (χ2v) is 4.79. The van der Waals surface area contributed by atoms with E-state index in [-0.39, 0.29) is 0 Å². The minimum absolute atomic E-state index is 0.423. The molecule has 0 aromatic heterocycles. The average molecular weight is 253 g/mol. The lowest BCUT2D eigenvalue weighted by Gasteiger charge is -2.16. The summed E-state index contributed by atoms with van der Waals surface area (Å²) < 4.78 is 0. The summed E-state index contributed by atoms with van der Waals surface area (Å²) in [6.45, 7) is 2.07. The Balaban J connectivity index is 2.72. The molecule has 0 saturated heterocycles. The zero-order valence-electron chi connectivity index (χ0n) is 9.84. The molecular weight excluding hydrogens is 238 g/mol. The van der Waals surface area contributed by atoms with Gasteiger partial charge in [0.15, 0.2) is 0 Å². The van der Waals surface area contributed by atoms with E-state index in [9.17, 15) is 9.59 Å². The van der Waals surface area contributed by atoms with E-state index in [1.165, 1.54) is 4.90 Å². The third kappa shape index (κ3) is 4.11. The van der Waals surface area contributed by atoms with Crippen LogP contribution in [0, 0.1) is 0 Å². The Bertz CT molecular complexity index is 403. The number of carboxylic acid groups (broad SMARTS) is 1. The van der Waals surface area contributed by atoms with Crippen LogP contribution in [0.5, 0.6) is 0 Å². The van der Waals surface area contributed by atoms with Gasteiger partial charge in [-0.05, 0) is 30.0 Å². The number of carboxylic acids is 1. The van der Waals surface area contributed by atoms with Crippen LogP contribution in [0.3, 0.4) is 0 Å². The van der Waals surface area contributed by atoms with Crippen LogP contribution in [0.15, 0.2) is 29.2 Å². The van der Waals surface area contributed by atoms with Crippen molar-refractivity contribution in [1.29, 1.82) is 0 Å². The molecule has 0 bridgehead atoms. The molecule has 1 aromatic carbocycles. The number of hydrogen-bond donors (Lipinski definition) is 1. The van der Waals surface area contributed by atoms with Gasteiger partial charge in [-0.3, -0.25) is 9.59 Å². The lowest BCUT2D eigenvalue weighted by molar-refractivity contribution is -0.140. The van der Waals surface area contributed by atoms with E-state index in [1.807, 2.05) is 24.3 Å². The molecule has 17 heavy (non-hydrogen) atoms. The monoisotopic (exact) mass is 253 g/mol. The van der Waals surface area contributed by atoms with Crippen molar-refractivity contribution in [3.63, 3.8) is 0 Å². The van der Waals surface area contributed by atoms with Gasteiger partial charge in [0.2, 0.25) is 5.91 Å². The quantitative estimate of drug-likeness (QED) is 0.646. The van der Waals surface area contributed by atoms with Gasteiger partial charge in [-0.15, -0.1) is 11.8 Å². The first kappa shape index (κ1) is 13.6. The highest BCUT2D eigenvalue weighted by atomic mass is 32.2. The van der Waals surface area contributed by atoms with E-state index in [4.69, 9.17) is 5.11 Å². The summed E-state index contributed by atoms with van der Waals surface area (Å²) in [5.74, 6) is -0.541. The maximum absolute atomic E-state index is 11.5. The molecule has 0 fully saturated rings.